The van der Waals surface area contributed by atoms with Gasteiger partial charge in [-0.1, -0.05) is 27.7 Å². The summed E-state index contributed by atoms with van der Waals surface area (Å²) in [5.41, 5.74) is 5.55. The Labute approximate surface area is 104 Å². The molecule has 0 rings (SSSR count). The van der Waals surface area contributed by atoms with Gasteiger partial charge in [0.15, 0.2) is 0 Å². The van der Waals surface area contributed by atoms with Gasteiger partial charge >= 0.3 is 0 Å². The van der Waals surface area contributed by atoms with Gasteiger partial charge in [0.05, 0.1) is 12.6 Å². The summed E-state index contributed by atoms with van der Waals surface area (Å²) in [6.45, 7) is 8.38. The van der Waals surface area contributed by atoms with Gasteiger partial charge in [-0.25, -0.2) is 0 Å². The number of likely N-dealkylation sites (N-methyl/N-ethyl adjacent to an activating group) is 1. The first-order valence-electron chi connectivity index (χ1n) is 5.97. The third-order valence-corrected chi connectivity index (χ3v) is 2.53. The standard InChI is InChI=1S/C12H25N3O2/c1-6-7-14-9(16)8-15(5)11(17)10(13)12(2,3)4/h10H,6-8,13H2,1-5H3,(H,14,16)/t10-/m1/s1. The Hall–Kier alpha value is -1.10. The van der Waals surface area contributed by atoms with E-state index in [1.807, 2.05) is 27.7 Å². The molecule has 0 spiro atoms. The molecule has 100 valence electrons. The molecule has 0 aliphatic heterocycles. The minimum atomic E-state index is -0.591. The fraction of sp³-hybridized carbons (Fsp3) is 0.833. The second kappa shape index (κ2) is 6.59. The maximum atomic E-state index is 11.9. The maximum absolute atomic E-state index is 11.9. The van der Waals surface area contributed by atoms with E-state index < -0.39 is 6.04 Å². The zero-order chi connectivity index (χ0) is 13.6. The van der Waals surface area contributed by atoms with E-state index in [2.05, 4.69) is 5.32 Å². The summed E-state index contributed by atoms with van der Waals surface area (Å²) in [6.07, 6.45) is 0.880. The Morgan fingerprint density at radius 3 is 2.29 bits per heavy atom. The molecule has 0 unspecified atom stereocenters. The Kier molecular flexibility index (Phi) is 6.16. The molecule has 2 amide bonds. The quantitative estimate of drug-likeness (QED) is 0.731. The zero-order valence-corrected chi connectivity index (χ0v) is 11.5. The van der Waals surface area contributed by atoms with Crippen LogP contribution in [0.2, 0.25) is 0 Å². The molecule has 0 aliphatic rings. The molecule has 0 aromatic heterocycles. The largest absolute Gasteiger partial charge is 0.355 e. The van der Waals surface area contributed by atoms with Gasteiger partial charge in [-0.2, -0.15) is 0 Å². The van der Waals surface area contributed by atoms with E-state index in [0.29, 0.717) is 6.54 Å². The van der Waals surface area contributed by atoms with Crippen molar-refractivity contribution in [2.24, 2.45) is 11.1 Å². The van der Waals surface area contributed by atoms with Crippen molar-refractivity contribution >= 4 is 11.8 Å². The first-order chi connectivity index (χ1) is 7.70. The second-order valence-electron chi connectivity index (χ2n) is 5.39. The SMILES string of the molecule is CCCNC(=O)CN(C)C(=O)[C@@H](N)C(C)(C)C. The Morgan fingerprint density at radius 2 is 1.88 bits per heavy atom. The van der Waals surface area contributed by atoms with E-state index >= 15 is 0 Å². The van der Waals surface area contributed by atoms with Crippen LogP contribution in [0.5, 0.6) is 0 Å². The van der Waals surface area contributed by atoms with E-state index in [-0.39, 0.29) is 23.8 Å². The van der Waals surface area contributed by atoms with E-state index in [4.69, 9.17) is 5.73 Å². The van der Waals surface area contributed by atoms with Crippen molar-refractivity contribution in [2.45, 2.75) is 40.2 Å². The van der Waals surface area contributed by atoms with Gasteiger partial charge in [0, 0.05) is 13.6 Å². The fourth-order valence-electron chi connectivity index (χ4n) is 1.22. The van der Waals surface area contributed by atoms with Crippen LogP contribution in [0.15, 0.2) is 0 Å². The van der Waals surface area contributed by atoms with Crippen molar-refractivity contribution in [1.82, 2.24) is 10.2 Å². The summed E-state index contributed by atoms with van der Waals surface area (Å²) in [4.78, 5) is 24.7. The molecular formula is C12H25N3O2. The summed E-state index contributed by atoms with van der Waals surface area (Å²) >= 11 is 0. The van der Waals surface area contributed by atoms with Crippen LogP contribution in [0.3, 0.4) is 0 Å². The van der Waals surface area contributed by atoms with Crippen LogP contribution >= 0.6 is 0 Å². The maximum Gasteiger partial charge on any atom is 0.240 e. The average molecular weight is 243 g/mol. The van der Waals surface area contributed by atoms with Crippen LogP contribution in [0.25, 0.3) is 0 Å². The lowest BCUT2D eigenvalue weighted by Crippen LogP contribution is -2.51. The Morgan fingerprint density at radius 1 is 1.35 bits per heavy atom. The van der Waals surface area contributed by atoms with E-state index in [0.717, 1.165) is 6.42 Å². The number of carbonyl (C=O) groups is 2. The molecule has 0 radical (unpaired) electrons. The van der Waals surface area contributed by atoms with Gasteiger partial charge in [-0.05, 0) is 11.8 Å². The van der Waals surface area contributed by atoms with Crippen molar-refractivity contribution in [2.75, 3.05) is 20.1 Å². The molecule has 0 heterocycles. The molecule has 0 saturated heterocycles. The lowest BCUT2D eigenvalue weighted by molar-refractivity contribution is -0.137. The molecular weight excluding hydrogens is 218 g/mol. The van der Waals surface area contributed by atoms with Crippen molar-refractivity contribution in [3.63, 3.8) is 0 Å². The Balaban J connectivity index is 4.27. The lowest BCUT2D eigenvalue weighted by atomic mass is 9.86. The number of hydrogen-bond donors (Lipinski definition) is 2. The van der Waals surface area contributed by atoms with E-state index in [1.54, 1.807) is 7.05 Å². The minimum absolute atomic E-state index is 0.0581. The molecule has 0 bridgehead atoms. The Bertz CT molecular complexity index is 271. The third kappa shape index (κ3) is 5.68. The summed E-state index contributed by atoms with van der Waals surface area (Å²) in [6, 6.07) is -0.591. The third-order valence-electron chi connectivity index (χ3n) is 2.53. The van der Waals surface area contributed by atoms with Gasteiger partial charge in [0.2, 0.25) is 11.8 Å². The normalized spacial score (nSPS) is 13.1. The van der Waals surface area contributed by atoms with Gasteiger partial charge in [0.1, 0.15) is 0 Å². The lowest BCUT2D eigenvalue weighted by Gasteiger charge is -2.29. The van der Waals surface area contributed by atoms with Crippen molar-refractivity contribution < 1.29 is 9.59 Å². The van der Waals surface area contributed by atoms with Crippen molar-refractivity contribution in [1.29, 1.82) is 0 Å². The zero-order valence-electron chi connectivity index (χ0n) is 11.5. The average Bonchev–Trinajstić information content (AvgIpc) is 2.22. The van der Waals surface area contributed by atoms with Crippen molar-refractivity contribution in [3.8, 4) is 0 Å². The number of nitrogens with zero attached hydrogens (tertiary/aromatic N) is 1. The van der Waals surface area contributed by atoms with Gasteiger partial charge in [-0.15, -0.1) is 0 Å². The first-order valence-corrected chi connectivity index (χ1v) is 5.97. The second-order valence-corrected chi connectivity index (χ2v) is 5.39. The highest BCUT2D eigenvalue weighted by Gasteiger charge is 2.30. The molecule has 0 fully saturated rings. The smallest absolute Gasteiger partial charge is 0.240 e. The first kappa shape index (κ1) is 15.9. The molecule has 3 N–H and O–H groups in total. The number of nitrogens with two attached hydrogens (primary N) is 1. The monoisotopic (exact) mass is 243 g/mol. The number of amides is 2. The molecule has 0 aliphatic carbocycles. The number of hydrogen-bond acceptors (Lipinski definition) is 3. The molecule has 1 atom stereocenters. The molecule has 17 heavy (non-hydrogen) atoms. The number of carbonyl (C=O) groups excluding carboxylic acids is 2. The van der Waals surface area contributed by atoms with E-state index in [1.165, 1.54) is 4.90 Å². The van der Waals surface area contributed by atoms with Crippen molar-refractivity contribution in [3.05, 3.63) is 0 Å². The van der Waals surface area contributed by atoms with E-state index in [9.17, 15) is 9.59 Å². The summed E-state index contributed by atoms with van der Waals surface area (Å²) in [5, 5.41) is 2.72. The van der Waals surface area contributed by atoms with Crippen LogP contribution in [0.4, 0.5) is 0 Å². The fourth-order valence-corrected chi connectivity index (χ4v) is 1.22. The van der Waals surface area contributed by atoms with Gasteiger partial charge in [0.25, 0.3) is 0 Å². The van der Waals surface area contributed by atoms with Crippen LogP contribution in [0, 0.1) is 5.41 Å². The number of nitrogens with one attached hydrogen (secondary N) is 1. The highest BCUT2D eigenvalue weighted by Crippen LogP contribution is 2.18. The highest BCUT2D eigenvalue weighted by atomic mass is 16.2. The van der Waals surface area contributed by atoms with Gasteiger partial charge < -0.3 is 16.0 Å². The molecule has 0 aromatic carbocycles. The number of rotatable bonds is 5. The summed E-state index contributed by atoms with van der Waals surface area (Å²) in [5.74, 6) is -0.354. The summed E-state index contributed by atoms with van der Waals surface area (Å²) in [7, 11) is 1.60. The minimum Gasteiger partial charge on any atom is -0.355 e. The predicted octanol–water partition coefficient (Wildman–Crippen LogP) is 0.344. The van der Waals surface area contributed by atoms with Gasteiger partial charge in [-0.3, -0.25) is 9.59 Å². The van der Waals surface area contributed by atoms with Crippen LogP contribution in [-0.2, 0) is 9.59 Å². The predicted molar refractivity (Wildman–Crippen MR) is 68.4 cm³/mol. The topological polar surface area (TPSA) is 75.4 Å². The molecule has 0 saturated carbocycles. The summed E-state index contributed by atoms with van der Waals surface area (Å²) < 4.78 is 0. The van der Waals surface area contributed by atoms with Crippen LogP contribution in [0.1, 0.15) is 34.1 Å². The molecule has 5 nitrogen and oxygen atoms in total. The highest BCUT2D eigenvalue weighted by molar-refractivity contribution is 5.87. The molecule has 0 aromatic rings. The van der Waals surface area contributed by atoms with Crippen LogP contribution < -0.4 is 11.1 Å². The van der Waals surface area contributed by atoms with Crippen LogP contribution in [-0.4, -0.2) is 42.9 Å². The molecule has 5 heteroatoms.